The third-order valence-corrected chi connectivity index (χ3v) is 5.50. The van der Waals surface area contributed by atoms with E-state index in [4.69, 9.17) is 46.1 Å². The van der Waals surface area contributed by atoms with Crippen molar-refractivity contribution < 1.29 is 0 Å². The molecule has 0 radical (unpaired) electrons. The number of aromatic nitrogens is 4. The summed E-state index contributed by atoms with van der Waals surface area (Å²) in [5, 5.41) is 1.36. The molecule has 0 spiro atoms. The molecule has 0 saturated carbocycles. The van der Waals surface area contributed by atoms with E-state index in [-0.39, 0.29) is 11.9 Å². The first-order valence-electron chi connectivity index (χ1n) is 10.6. The molecule has 0 aliphatic rings. The number of nitrogens with two attached hydrogens (primary N) is 4. The predicted octanol–water partition coefficient (Wildman–Crippen LogP) is 5.05. The molecule has 0 unspecified atom stereocenters. The van der Waals surface area contributed by atoms with Gasteiger partial charge in [0, 0.05) is 21.2 Å². The first kappa shape index (κ1) is 25.0. The molecule has 0 aliphatic heterocycles. The van der Waals surface area contributed by atoms with Gasteiger partial charge in [-0.2, -0.15) is 9.97 Å². The normalized spacial score (nSPS) is 10.5. The largest absolute Gasteiger partial charge is 0.383 e. The highest BCUT2D eigenvalue weighted by Crippen LogP contribution is 2.30. The fraction of sp³-hybridized carbons (Fsp3) is 0.167. The minimum absolute atomic E-state index is 0.206. The van der Waals surface area contributed by atoms with E-state index < -0.39 is 0 Å². The van der Waals surface area contributed by atoms with Gasteiger partial charge in [0.2, 0.25) is 11.9 Å². The molecule has 0 saturated heterocycles. The second-order valence-corrected chi connectivity index (χ2v) is 8.17. The van der Waals surface area contributed by atoms with E-state index in [1.54, 1.807) is 0 Å². The fourth-order valence-corrected chi connectivity index (χ4v) is 3.72. The smallest absolute Gasteiger partial charge is 0.222 e. The van der Waals surface area contributed by atoms with Gasteiger partial charge in [-0.05, 0) is 48.2 Å². The maximum atomic E-state index is 5.90. The van der Waals surface area contributed by atoms with Crippen molar-refractivity contribution in [3.63, 3.8) is 0 Å². The molecule has 8 N–H and O–H groups in total. The summed E-state index contributed by atoms with van der Waals surface area (Å²) in [6.07, 6.45) is 1.49. The van der Waals surface area contributed by atoms with Crippen LogP contribution in [-0.2, 0) is 12.8 Å². The van der Waals surface area contributed by atoms with Crippen LogP contribution < -0.4 is 22.9 Å². The number of halogens is 2. The molecular weight excluding hydrogens is 471 g/mol. The summed E-state index contributed by atoms with van der Waals surface area (Å²) in [6, 6.07) is 14.8. The maximum absolute atomic E-state index is 5.90. The highest BCUT2D eigenvalue weighted by atomic mass is 35.5. The van der Waals surface area contributed by atoms with Crippen molar-refractivity contribution >= 4 is 46.7 Å². The Morgan fingerprint density at radius 2 is 0.882 bits per heavy atom. The van der Waals surface area contributed by atoms with Gasteiger partial charge < -0.3 is 22.9 Å². The monoisotopic (exact) mass is 496 g/mol. The van der Waals surface area contributed by atoms with Crippen LogP contribution in [0.5, 0.6) is 0 Å². The average Bonchev–Trinajstić information content (AvgIpc) is 2.80. The number of hydrogen-bond donors (Lipinski definition) is 4. The number of rotatable bonds is 4. The van der Waals surface area contributed by atoms with Crippen molar-refractivity contribution in [3.8, 4) is 22.3 Å². The lowest BCUT2D eigenvalue weighted by Gasteiger charge is -2.10. The van der Waals surface area contributed by atoms with Crippen molar-refractivity contribution in [3.05, 3.63) is 70.0 Å². The zero-order valence-corrected chi connectivity index (χ0v) is 20.4. The van der Waals surface area contributed by atoms with E-state index in [0.717, 1.165) is 46.5 Å². The maximum Gasteiger partial charge on any atom is 0.222 e. The molecule has 4 rings (SSSR count). The molecule has 0 atom stereocenters. The Morgan fingerprint density at radius 3 is 1.18 bits per heavy atom. The zero-order valence-electron chi connectivity index (χ0n) is 18.9. The van der Waals surface area contributed by atoms with Gasteiger partial charge in [-0.25, -0.2) is 9.97 Å². The molecular formula is C24H26Cl2N8. The first-order chi connectivity index (χ1) is 16.2. The van der Waals surface area contributed by atoms with Crippen LogP contribution in [-0.4, -0.2) is 19.9 Å². The first-order valence-corrected chi connectivity index (χ1v) is 11.3. The summed E-state index contributed by atoms with van der Waals surface area (Å²) >= 11 is 11.7. The summed E-state index contributed by atoms with van der Waals surface area (Å²) < 4.78 is 0. The molecule has 0 aliphatic carbocycles. The van der Waals surface area contributed by atoms with Gasteiger partial charge in [0.15, 0.2) is 0 Å². The Balaban J connectivity index is 0.000000191. The summed E-state index contributed by atoms with van der Waals surface area (Å²) in [4.78, 5) is 16.4. The predicted molar refractivity (Wildman–Crippen MR) is 141 cm³/mol. The minimum Gasteiger partial charge on any atom is -0.383 e. The third-order valence-electron chi connectivity index (χ3n) is 4.99. The van der Waals surface area contributed by atoms with Gasteiger partial charge in [0.1, 0.15) is 11.6 Å². The summed E-state index contributed by atoms with van der Waals surface area (Å²) in [5.74, 6) is 1.21. The molecule has 10 heteroatoms. The number of aryl methyl sites for hydroxylation is 2. The second-order valence-electron chi connectivity index (χ2n) is 7.30. The molecule has 176 valence electrons. The SMILES string of the molecule is CCc1nc(N)nc(N)c1-c1ccc(Cl)cc1.CCc1nc(N)nc(N)c1-c1ccc(Cl)cc1. The molecule has 4 aromatic rings. The van der Waals surface area contributed by atoms with E-state index in [2.05, 4.69) is 19.9 Å². The van der Waals surface area contributed by atoms with Crippen LogP contribution in [0.3, 0.4) is 0 Å². The van der Waals surface area contributed by atoms with Crippen LogP contribution in [0.25, 0.3) is 22.3 Å². The van der Waals surface area contributed by atoms with Crippen molar-refractivity contribution in [1.82, 2.24) is 19.9 Å². The van der Waals surface area contributed by atoms with Crippen molar-refractivity contribution in [1.29, 1.82) is 0 Å². The van der Waals surface area contributed by atoms with Gasteiger partial charge in [-0.15, -0.1) is 0 Å². The van der Waals surface area contributed by atoms with Crippen LogP contribution in [0.1, 0.15) is 25.2 Å². The highest BCUT2D eigenvalue weighted by Gasteiger charge is 2.13. The van der Waals surface area contributed by atoms with Crippen LogP contribution in [0.2, 0.25) is 10.0 Å². The Bertz CT molecular complexity index is 1170. The lowest BCUT2D eigenvalue weighted by Crippen LogP contribution is -2.06. The highest BCUT2D eigenvalue weighted by molar-refractivity contribution is 6.30. The van der Waals surface area contributed by atoms with Crippen LogP contribution in [0, 0.1) is 0 Å². The molecule has 0 bridgehead atoms. The molecule has 2 aromatic carbocycles. The molecule has 34 heavy (non-hydrogen) atoms. The lowest BCUT2D eigenvalue weighted by molar-refractivity contribution is 1.02. The van der Waals surface area contributed by atoms with E-state index in [1.807, 2.05) is 62.4 Å². The van der Waals surface area contributed by atoms with Crippen LogP contribution >= 0.6 is 23.2 Å². The molecule has 2 heterocycles. The second kappa shape index (κ2) is 11.0. The standard InChI is InChI=1S/2C12H13ClN4/c2*1-2-9-10(11(14)17-12(15)16-9)7-3-5-8(13)6-4-7/h2*3-6H,2H2,1H3,(H4,14,15,16,17). The minimum atomic E-state index is 0.206. The van der Waals surface area contributed by atoms with Gasteiger partial charge in [-0.3, -0.25) is 0 Å². The number of nitrogen functional groups attached to an aromatic ring is 4. The lowest BCUT2D eigenvalue weighted by atomic mass is 10.0. The summed E-state index contributed by atoms with van der Waals surface area (Å²) in [5.41, 5.74) is 28.2. The van der Waals surface area contributed by atoms with Crippen molar-refractivity contribution in [2.24, 2.45) is 0 Å². The quantitative estimate of drug-likeness (QED) is 0.305. The zero-order chi connectivity index (χ0) is 24.8. The number of benzene rings is 2. The summed E-state index contributed by atoms with van der Waals surface area (Å²) in [6.45, 7) is 4.00. The van der Waals surface area contributed by atoms with Crippen molar-refractivity contribution in [2.75, 3.05) is 22.9 Å². The Kier molecular flexibility index (Phi) is 8.09. The molecule has 2 aromatic heterocycles. The van der Waals surface area contributed by atoms with Crippen LogP contribution in [0.15, 0.2) is 48.5 Å². The Labute approximate surface area is 208 Å². The van der Waals surface area contributed by atoms with E-state index in [0.29, 0.717) is 21.7 Å². The van der Waals surface area contributed by atoms with Gasteiger partial charge in [-0.1, -0.05) is 61.3 Å². The topological polar surface area (TPSA) is 156 Å². The molecule has 8 nitrogen and oxygen atoms in total. The Hall–Kier alpha value is -3.62. The van der Waals surface area contributed by atoms with E-state index in [1.165, 1.54) is 0 Å². The number of anilines is 4. The van der Waals surface area contributed by atoms with E-state index in [9.17, 15) is 0 Å². The third kappa shape index (κ3) is 5.84. The average molecular weight is 497 g/mol. The summed E-state index contributed by atoms with van der Waals surface area (Å²) in [7, 11) is 0. The molecule has 0 amide bonds. The van der Waals surface area contributed by atoms with Gasteiger partial charge in [0.25, 0.3) is 0 Å². The number of hydrogen-bond acceptors (Lipinski definition) is 8. The Morgan fingerprint density at radius 1 is 0.559 bits per heavy atom. The van der Waals surface area contributed by atoms with Crippen molar-refractivity contribution in [2.45, 2.75) is 26.7 Å². The fourth-order valence-electron chi connectivity index (χ4n) is 3.47. The van der Waals surface area contributed by atoms with Gasteiger partial charge in [0.05, 0.1) is 11.4 Å². The van der Waals surface area contributed by atoms with Gasteiger partial charge >= 0.3 is 0 Å². The van der Waals surface area contributed by atoms with Crippen LogP contribution in [0.4, 0.5) is 23.5 Å². The van der Waals surface area contributed by atoms with E-state index >= 15 is 0 Å². The molecule has 0 fully saturated rings. The number of nitrogens with zero attached hydrogens (tertiary/aromatic N) is 4.